The van der Waals surface area contributed by atoms with Gasteiger partial charge in [0.25, 0.3) is 0 Å². The van der Waals surface area contributed by atoms with Gasteiger partial charge >= 0.3 is 0 Å². The van der Waals surface area contributed by atoms with Crippen molar-refractivity contribution in [3.63, 3.8) is 0 Å². The van der Waals surface area contributed by atoms with E-state index >= 15 is 0 Å². The molecule has 0 spiro atoms. The van der Waals surface area contributed by atoms with Crippen molar-refractivity contribution in [1.82, 2.24) is 4.90 Å². The average Bonchev–Trinajstić information content (AvgIpc) is 2.17. The first-order valence-corrected chi connectivity index (χ1v) is 6.54. The predicted molar refractivity (Wildman–Crippen MR) is 66.9 cm³/mol. The summed E-state index contributed by atoms with van der Waals surface area (Å²) in [6.07, 6.45) is 3.72. The van der Waals surface area contributed by atoms with Crippen molar-refractivity contribution in [2.45, 2.75) is 59.0 Å². The molecule has 0 saturated carbocycles. The van der Waals surface area contributed by atoms with Crippen LogP contribution in [0.5, 0.6) is 0 Å². The quantitative estimate of drug-likeness (QED) is 0.776. The van der Waals surface area contributed by atoms with Crippen LogP contribution in [-0.2, 0) is 0 Å². The second-order valence-corrected chi connectivity index (χ2v) is 5.59. The highest BCUT2D eigenvalue weighted by Crippen LogP contribution is 2.22. The predicted octanol–water partition coefficient (Wildman–Crippen LogP) is 2.48. The smallest absolute Gasteiger partial charge is 0.00914 e. The normalized spacial score (nSPS) is 30.8. The monoisotopic (exact) mass is 212 g/mol. The Kier molecular flexibility index (Phi) is 5.07. The molecule has 0 radical (unpaired) electrons. The fourth-order valence-electron chi connectivity index (χ4n) is 2.74. The zero-order valence-electron chi connectivity index (χ0n) is 10.9. The lowest BCUT2D eigenvalue weighted by Crippen LogP contribution is -2.50. The van der Waals surface area contributed by atoms with Crippen LogP contribution in [0.15, 0.2) is 0 Å². The molecule has 0 aromatic rings. The van der Waals surface area contributed by atoms with Crippen molar-refractivity contribution in [2.75, 3.05) is 13.1 Å². The van der Waals surface area contributed by atoms with Crippen LogP contribution in [0.1, 0.15) is 47.0 Å². The van der Waals surface area contributed by atoms with Crippen LogP contribution in [0.3, 0.4) is 0 Å². The molecule has 0 aromatic heterocycles. The van der Waals surface area contributed by atoms with E-state index in [0.29, 0.717) is 12.0 Å². The molecular formula is C13H28N2. The van der Waals surface area contributed by atoms with Crippen LogP contribution < -0.4 is 5.73 Å². The molecule has 3 atom stereocenters. The molecule has 90 valence electrons. The van der Waals surface area contributed by atoms with E-state index in [1.54, 1.807) is 0 Å². The summed E-state index contributed by atoms with van der Waals surface area (Å²) in [4.78, 5) is 2.64. The molecule has 0 aliphatic carbocycles. The molecule has 1 saturated heterocycles. The fourth-order valence-corrected chi connectivity index (χ4v) is 2.74. The zero-order valence-corrected chi connectivity index (χ0v) is 10.9. The van der Waals surface area contributed by atoms with Gasteiger partial charge in [-0.15, -0.1) is 0 Å². The summed E-state index contributed by atoms with van der Waals surface area (Å²) in [6.45, 7) is 11.7. The Bertz CT molecular complexity index is 179. The van der Waals surface area contributed by atoms with Crippen LogP contribution in [0.2, 0.25) is 0 Å². The van der Waals surface area contributed by atoms with Gasteiger partial charge in [0.2, 0.25) is 0 Å². The molecule has 1 aliphatic heterocycles. The van der Waals surface area contributed by atoms with Crippen molar-refractivity contribution in [2.24, 2.45) is 17.6 Å². The molecule has 0 amide bonds. The summed E-state index contributed by atoms with van der Waals surface area (Å²) in [6, 6.07) is 1.17. The van der Waals surface area contributed by atoms with Crippen LogP contribution in [0, 0.1) is 11.8 Å². The first-order chi connectivity index (χ1) is 7.04. The van der Waals surface area contributed by atoms with Gasteiger partial charge in [0.1, 0.15) is 0 Å². The van der Waals surface area contributed by atoms with Crippen molar-refractivity contribution in [3.8, 4) is 0 Å². The fraction of sp³-hybridized carbons (Fsp3) is 1.00. The summed E-state index contributed by atoms with van der Waals surface area (Å²) in [5.41, 5.74) is 6.13. The number of piperidine rings is 1. The SMILES string of the molecule is CCC1CN(C(C)CC(C)C)CCC1N. The van der Waals surface area contributed by atoms with E-state index in [1.165, 1.54) is 32.4 Å². The Labute approximate surface area is 95.2 Å². The van der Waals surface area contributed by atoms with Crippen molar-refractivity contribution in [1.29, 1.82) is 0 Å². The highest BCUT2D eigenvalue weighted by Gasteiger charge is 2.27. The molecule has 0 aromatic carbocycles. The third kappa shape index (κ3) is 3.76. The third-order valence-electron chi connectivity index (χ3n) is 3.78. The van der Waals surface area contributed by atoms with Crippen LogP contribution >= 0.6 is 0 Å². The lowest BCUT2D eigenvalue weighted by molar-refractivity contribution is 0.103. The number of rotatable bonds is 4. The molecule has 2 heteroatoms. The lowest BCUT2D eigenvalue weighted by Gasteiger charge is -2.40. The molecule has 1 aliphatic rings. The minimum absolute atomic E-state index is 0.442. The Hall–Kier alpha value is -0.0800. The van der Waals surface area contributed by atoms with Gasteiger partial charge in [0.15, 0.2) is 0 Å². The highest BCUT2D eigenvalue weighted by atomic mass is 15.2. The third-order valence-corrected chi connectivity index (χ3v) is 3.78. The van der Waals surface area contributed by atoms with E-state index < -0.39 is 0 Å². The molecule has 1 fully saturated rings. The van der Waals surface area contributed by atoms with Crippen molar-refractivity contribution in [3.05, 3.63) is 0 Å². The molecule has 2 nitrogen and oxygen atoms in total. The van der Waals surface area contributed by atoms with E-state index in [1.807, 2.05) is 0 Å². The van der Waals surface area contributed by atoms with Crippen LogP contribution in [0.25, 0.3) is 0 Å². The topological polar surface area (TPSA) is 29.3 Å². The molecule has 2 N–H and O–H groups in total. The van der Waals surface area contributed by atoms with Gasteiger partial charge in [-0.05, 0) is 38.1 Å². The second kappa shape index (κ2) is 5.86. The van der Waals surface area contributed by atoms with E-state index in [4.69, 9.17) is 5.73 Å². The number of likely N-dealkylation sites (tertiary alicyclic amines) is 1. The second-order valence-electron chi connectivity index (χ2n) is 5.59. The molecule has 3 unspecified atom stereocenters. The van der Waals surface area contributed by atoms with Crippen LogP contribution in [0.4, 0.5) is 0 Å². The van der Waals surface area contributed by atoms with E-state index in [2.05, 4.69) is 32.6 Å². The van der Waals surface area contributed by atoms with E-state index in [0.717, 1.165) is 12.0 Å². The average molecular weight is 212 g/mol. The minimum Gasteiger partial charge on any atom is -0.327 e. The zero-order chi connectivity index (χ0) is 11.4. The Balaban J connectivity index is 2.43. The summed E-state index contributed by atoms with van der Waals surface area (Å²) in [5.74, 6) is 1.52. The van der Waals surface area contributed by atoms with Gasteiger partial charge in [-0.3, -0.25) is 0 Å². The van der Waals surface area contributed by atoms with E-state index in [9.17, 15) is 0 Å². The van der Waals surface area contributed by atoms with Gasteiger partial charge in [0, 0.05) is 18.6 Å². The van der Waals surface area contributed by atoms with Gasteiger partial charge in [0.05, 0.1) is 0 Å². The van der Waals surface area contributed by atoms with Gasteiger partial charge in [-0.2, -0.15) is 0 Å². The van der Waals surface area contributed by atoms with Crippen LogP contribution in [-0.4, -0.2) is 30.1 Å². The summed E-state index contributed by atoms with van der Waals surface area (Å²) in [5, 5.41) is 0. The molecule has 1 heterocycles. The summed E-state index contributed by atoms with van der Waals surface area (Å²) >= 11 is 0. The highest BCUT2D eigenvalue weighted by molar-refractivity contribution is 4.84. The number of hydrogen-bond acceptors (Lipinski definition) is 2. The largest absolute Gasteiger partial charge is 0.327 e. The lowest BCUT2D eigenvalue weighted by atomic mass is 9.89. The van der Waals surface area contributed by atoms with Gasteiger partial charge < -0.3 is 10.6 Å². The number of nitrogens with two attached hydrogens (primary N) is 1. The Morgan fingerprint density at radius 3 is 2.53 bits per heavy atom. The molecular weight excluding hydrogens is 184 g/mol. The minimum atomic E-state index is 0.442. The number of nitrogens with zero attached hydrogens (tertiary/aromatic N) is 1. The Morgan fingerprint density at radius 1 is 1.33 bits per heavy atom. The van der Waals surface area contributed by atoms with E-state index in [-0.39, 0.29) is 0 Å². The first-order valence-electron chi connectivity index (χ1n) is 6.54. The maximum absolute atomic E-state index is 6.13. The summed E-state index contributed by atoms with van der Waals surface area (Å²) < 4.78 is 0. The standard InChI is InChI=1S/C13H28N2/c1-5-12-9-15(7-6-13(12)14)11(4)8-10(2)3/h10-13H,5-9,14H2,1-4H3. The molecule has 0 bridgehead atoms. The van der Waals surface area contributed by atoms with Crippen molar-refractivity contribution >= 4 is 0 Å². The molecule has 1 rings (SSSR count). The maximum atomic E-state index is 6.13. The van der Waals surface area contributed by atoms with Crippen molar-refractivity contribution < 1.29 is 0 Å². The maximum Gasteiger partial charge on any atom is 0.00914 e. The Morgan fingerprint density at radius 2 is 2.00 bits per heavy atom. The summed E-state index contributed by atoms with van der Waals surface area (Å²) in [7, 11) is 0. The van der Waals surface area contributed by atoms with Gasteiger partial charge in [-0.25, -0.2) is 0 Å². The first kappa shape index (κ1) is 13.0. The number of hydrogen-bond donors (Lipinski definition) is 1. The molecule has 15 heavy (non-hydrogen) atoms. The van der Waals surface area contributed by atoms with Gasteiger partial charge in [-0.1, -0.05) is 27.2 Å².